The lowest BCUT2D eigenvalue weighted by Crippen LogP contribution is -2.07. The summed E-state index contributed by atoms with van der Waals surface area (Å²) < 4.78 is 5.24. The maximum atomic E-state index is 5.24. The average molecular weight is 418 g/mol. The maximum Gasteiger partial charge on any atom is 0.138 e. The van der Waals surface area contributed by atoms with Crippen molar-refractivity contribution in [3.8, 4) is 16.9 Å². The minimum absolute atomic E-state index is 0.849. The quantitative estimate of drug-likeness (QED) is 0.343. The summed E-state index contributed by atoms with van der Waals surface area (Å²) in [6, 6.07) is 19.2. The van der Waals surface area contributed by atoms with Gasteiger partial charge in [0.05, 0.1) is 12.5 Å². The molecule has 0 aliphatic rings. The van der Waals surface area contributed by atoms with Gasteiger partial charge >= 0.3 is 0 Å². The summed E-state index contributed by atoms with van der Waals surface area (Å²) in [5.41, 5.74) is 3.78. The van der Waals surface area contributed by atoms with Crippen molar-refractivity contribution >= 4 is 27.4 Å². The Labute approximate surface area is 182 Å². The van der Waals surface area contributed by atoms with Crippen LogP contribution in [0.4, 0.5) is 5.82 Å². The number of rotatable bonds is 8. The van der Waals surface area contributed by atoms with Gasteiger partial charge in [-0.25, -0.2) is 9.97 Å². The molecule has 2 aromatic heterocycles. The zero-order valence-electron chi connectivity index (χ0n) is 17.7. The highest BCUT2D eigenvalue weighted by Gasteiger charge is 2.09. The highest BCUT2D eigenvalue weighted by molar-refractivity contribution is 7.18. The van der Waals surface area contributed by atoms with E-state index in [1.807, 2.05) is 12.1 Å². The number of anilines is 1. The summed E-state index contributed by atoms with van der Waals surface area (Å²) in [4.78, 5) is 11.7. The minimum atomic E-state index is 0.849. The van der Waals surface area contributed by atoms with E-state index >= 15 is 0 Å². The summed E-state index contributed by atoms with van der Waals surface area (Å²) in [5.74, 6) is 2.75. The molecule has 154 valence electrons. The van der Waals surface area contributed by atoms with Crippen molar-refractivity contribution in [1.29, 1.82) is 0 Å². The Hall–Kier alpha value is -2.92. The SMILES string of the molecule is CCc1nc(NCCCc2ccc(-c3ccc(OC)cc3)cc2)c2cc(C)sc2n1. The number of thiophene rings is 1. The van der Waals surface area contributed by atoms with E-state index in [9.17, 15) is 0 Å². The summed E-state index contributed by atoms with van der Waals surface area (Å²) in [6.45, 7) is 5.11. The highest BCUT2D eigenvalue weighted by Crippen LogP contribution is 2.28. The Morgan fingerprint density at radius 3 is 2.33 bits per heavy atom. The molecule has 4 aromatic rings. The first kappa shape index (κ1) is 20.4. The van der Waals surface area contributed by atoms with E-state index < -0.39 is 0 Å². The zero-order chi connectivity index (χ0) is 20.9. The summed E-state index contributed by atoms with van der Waals surface area (Å²) >= 11 is 1.74. The smallest absolute Gasteiger partial charge is 0.138 e. The normalized spacial score (nSPS) is 11.0. The second kappa shape index (κ2) is 9.26. The van der Waals surface area contributed by atoms with Crippen LogP contribution in [0.1, 0.15) is 29.6 Å². The molecule has 0 amide bonds. The lowest BCUT2D eigenvalue weighted by atomic mass is 10.0. The molecule has 0 radical (unpaired) electrons. The molecular formula is C25H27N3OS. The van der Waals surface area contributed by atoms with Crippen molar-refractivity contribution in [1.82, 2.24) is 9.97 Å². The van der Waals surface area contributed by atoms with E-state index in [0.717, 1.165) is 53.4 Å². The molecule has 1 N–H and O–H groups in total. The summed E-state index contributed by atoms with van der Waals surface area (Å²) in [6.07, 6.45) is 2.94. The van der Waals surface area contributed by atoms with E-state index in [-0.39, 0.29) is 0 Å². The standard InChI is InChI=1S/C25H27N3OS/c1-4-23-27-24(22-16-17(2)30-25(22)28-23)26-15-5-6-18-7-9-19(10-8-18)20-11-13-21(29-3)14-12-20/h7-14,16H,4-6,15H2,1-3H3,(H,26,27,28). The number of aromatic nitrogens is 2. The highest BCUT2D eigenvalue weighted by atomic mass is 32.1. The second-order valence-electron chi connectivity index (χ2n) is 7.37. The molecule has 4 nitrogen and oxygen atoms in total. The number of benzene rings is 2. The predicted octanol–water partition coefficient (Wildman–Crippen LogP) is 6.28. The van der Waals surface area contributed by atoms with E-state index in [1.165, 1.54) is 21.6 Å². The van der Waals surface area contributed by atoms with E-state index in [1.54, 1.807) is 18.4 Å². The number of nitrogens with one attached hydrogen (secondary N) is 1. The van der Waals surface area contributed by atoms with Gasteiger partial charge in [0.2, 0.25) is 0 Å². The Bertz CT molecular complexity index is 1120. The molecule has 2 aromatic carbocycles. The molecular weight excluding hydrogens is 390 g/mol. The average Bonchev–Trinajstić information content (AvgIpc) is 3.17. The molecule has 0 aliphatic carbocycles. The topological polar surface area (TPSA) is 47.0 Å². The molecule has 0 fully saturated rings. The van der Waals surface area contributed by atoms with Crippen molar-refractivity contribution in [3.63, 3.8) is 0 Å². The van der Waals surface area contributed by atoms with Crippen molar-refractivity contribution in [2.45, 2.75) is 33.1 Å². The fourth-order valence-electron chi connectivity index (χ4n) is 3.53. The van der Waals surface area contributed by atoms with Gasteiger partial charge in [0.15, 0.2) is 0 Å². The van der Waals surface area contributed by atoms with Crippen LogP contribution >= 0.6 is 11.3 Å². The van der Waals surface area contributed by atoms with Crippen molar-refractivity contribution in [2.75, 3.05) is 19.0 Å². The minimum Gasteiger partial charge on any atom is -0.497 e. The van der Waals surface area contributed by atoms with Crippen LogP contribution in [-0.2, 0) is 12.8 Å². The van der Waals surface area contributed by atoms with Crippen LogP contribution < -0.4 is 10.1 Å². The number of ether oxygens (including phenoxy) is 1. The maximum absolute atomic E-state index is 5.24. The zero-order valence-corrected chi connectivity index (χ0v) is 18.6. The van der Waals surface area contributed by atoms with Crippen LogP contribution in [0.5, 0.6) is 5.75 Å². The summed E-state index contributed by atoms with van der Waals surface area (Å²) in [7, 11) is 1.69. The van der Waals surface area contributed by atoms with Gasteiger partial charge in [-0.05, 0) is 54.7 Å². The Balaban J connectivity index is 1.35. The fourth-order valence-corrected chi connectivity index (χ4v) is 4.42. The molecule has 0 bridgehead atoms. The largest absolute Gasteiger partial charge is 0.497 e. The molecule has 2 heterocycles. The van der Waals surface area contributed by atoms with Gasteiger partial charge in [0, 0.05) is 17.8 Å². The third-order valence-electron chi connectivity index (χ3n) is 5.19. The number of aryl methyl sites for hydroxylation is 3. The number of hydrogen-bond acceptors (Lipinski definition) is 5. The third kappa shape index (κ3) is 4.62. The first-order chi connectivity index (χ1) is 14.7. The summed E-state index contributed by atoms with van der Waals surface area (Å²) in [5, 5.41) is 4.68. The van der Waals surface area contributed by atoms with Crippen molar-refractivity contribution in [2.24, 2.45) is 0 Å². The fraction of sp³-hybridized carbons (Fsp3) is 0.280. The van der Waals surface area contributed by atoms with Gasteiger partial charge in [-0.1, -0.05) is 43.3 Å². The van der Waals surface area contributed by atoms with Gasteiger partial charge in [0.1, 0.15) is 22.2 Å². The van der Waals surface area contributed by atoms with Crippen LogP contribution in [0, 0.1) is 6.92 Å². The van der Waals surface area contributed by atoms with Crippen LogP contribution in [-0.4, -0.2) is 23.6 Å². The van der Waals surface area contributed by atoms with E-state index in [2.05, 4.69) is 66.6 Å². The number of nitrogens with zero attached hydrogens (tertiary/aromatic N) is 2. The van der Waals surface area contributed by atoms with Gasteiger partial charge < -0.3 is 10.1 Å². The Morgan fingerprint density at radius 1 is 0.967 bits per heavy atom. The monoisotopic (exact) mass is 417 g/mol. The molecule has 5 heteroatoms. The van der Waals surface area contributed by atoms with E-state index in [0.29, 0.717) is 0 Å². The Kier molecular flexibility index (Phi) is 6.29. The molecule has 0 saturated heterocycles. The van der Waals surface area contributed by atoms with Gasteiger partial charge in [0.25, 0.3) is 0 Å². The molecule has 0 atom stereocenters. The van der Waals surface area contributed by atoms with Gasteiger partial charge in [-0.15, -0.1) is 11.3 Å². The van der Waals surface area contributed by atoms with Gasteiger partial charge in [-0.2, -0.15) is 0 Å². The third-order valence-corrected chi connectivity index (χ3v) is 6.13. The van der Waals surface area contributed by atoms with Crippen molar-refractivity contribution in [3.05, 3.63) is 70.9 Å². The predicted molar refractivity (Wildman–Crippen MR) is 127 cm³/mol. The first-order valence-corrected chi connectivity index (χ1v) is 11.2. The van der Waals surface area contributed by atoms with Gasteiger partial charge in [-0.3, -0.25) is 0 Å². The second-order valence-corrected chi connectivity index (χ2v) is 8.61. The molecule has 0 spiro atoms. The van der Waals surface area contributed by atoms with Crippen LogP contribution in [0.3, 0.4) is 0 Å². The molecule has 0 aliphatic heterocycles. The number of fused-ring (bicyclic) bond motifs is 1. The lowest BCUT2D eigenvalue weighted by Gasteiger charge is -2.09. The lowest BCUT2D eigenvalue weighted by molar-refractivity contribution is 0.415. The molecule has 30 heavy (non-hydrogen) atoms. The number of methoxy groups -OCH3 is 1. The molecule has 0 saturated carbocycles. The van der Waals surface area contributed by atoms with E-state index in [4.69, 9.17) is 9.72 Å². The van der Waals surface area contributed by atoms with Crippen LogP contribution in [0.25, 0.3) is 21.3 Å². The van der Waals surface area contributed by atoms with Crippen LogP contribution in [0.15, 0.2) is 54.6 Å². The van der Waals surface area contributed by atoms with Crippen molar-refractivity contribution < 1.29 is 4.74 Å². The molecule has 0 unspecified atom stereocenters. The Morgan fingerprint density at radius 2 is 1.67 bits per heavy atom. The first-order valence-electron chi connectivity index (χ1n) is 10.4. The number of hydrogen-bond donors (Lipinski definition) is 1. The van der Waals surface area contributed by atoms with Crippen LogP contribution in [0.2, 0.25) is 0 Å². The molecule has 4 rings (SSSR count).